The lowest BCUT2D eigenvalue weighted by Crippen LogP contribution is -2.28. The highest BCUT2D eigenvalue weighted by molar-refractivity contribution is 6.32. The number of aryl methyl sites for hydroxylation is 1. The third-order valence-corrected chi connectivity index (χ3v) is 3.70. The standard InChI is InChI=1S/C18H20ClNO3/c1-3-13-4-7-15(8-5-13)23-11-10-20-18(21)14-6-9-17(22-2)16(19)12-14/h4-9,12H,3,10-11H2,1-2H3,(H,20,21). The number of hydrogen-bond donors (Lipinski definition) is 1. The van der Waals surface area contributed by atoms with Crippen LogP contribution < -0.4 is 14.8 Å². The van der Waals surface area contributed by atoms with Crippen LogP contribution in [0, 0.1) is 0 Å². The molecule has 23 heavy (non-hydrogen) atoms. The van der Waals surface area contributed by atoms with E-state index in [1.54, 1.807) is 18.2 Å². The highest BCUT2D eigenvalue weighted by Crippen LogP contribution is 2.24. The minimum Gasteiger partial charge on any atom is -0.495 e. The third kappa shape index (κ3) is 4.89. The van der Waals surface area contributed by atoms with Gasteiger partial charge in [0.25, 0.3) is 5.91 Å². The van der Waals surface area contributed by atoms with Gasteiger partial charge in [0.15, 0.2) is 0 Å². The Morgan fingerprint density at radius 1 is 1.17 bits per heavy atom. The van der Waals surface area contributed by atoms with Crippen molar-refractivity contribution in [1.82, 2.24) is 5.32 Å². The van der Waals surface area contributed by atoms with Crippen LogP contribution in [0.3, 0.4) is 0 Å². The minimum absolute atomic E-state index is 0.195. The molecule has 4 nitrogen and oxygen atoms in total. The fraction of sp³-hybridized carbons (Fsp3) is 0.278. The number of rotatable bonds is 7. The van der Waals surface area contributed by atoms with Gasteiger partial charge in [0.05, 0.1) is 18.7 Å². The normalized spacial score (nSPS) is 10.2. The summed E-state index contributed by atoms with van der Waals surface area (Å²) < 4.78 is 10.7. The quantitative estimate of drug-likeness (QED) is 0.785. The number of nitrogens with one attached hydrogen (secondary N) is 1. The number of halogens is 1. The maximum atomic E-state index is 12.0. The van der Waals surface area contributed by atoms with E-state index >= 15 is 0 Å². The fourth-order valence-electron chi connectivity index (χ4n) is 2.06. The van der Waals surface area contributed by atoms with Crippen LogP contribution in [0.1, 0.15) is 22.8 Å². The number of amides is 1. The van der Waals surface area contributed by atoms with E-state index < -0.39 is 0 Å². The zero-order valence-electron chi connectivity index (χ0n) is 13.3. The summed E-state index contributed by atoms with van der Waals surface area (Å²) in [5.41, 5.74) is 1.75. The van der Waals surface area contributed by atoms with Crippen LogP contribution in [0.15, 0.2) is 42.5 Å². The summed E-state index contributed by atoms with van der Waals surface area (Å²) >= 11 is 6.01. The summed E-state index contributed by atoms with van der Waals surface area (Å²) in [5, 5.41) is 3.20. The van der Waals surface area contributed by atoms with E-state index in [1.807, 2.05) is 24.3 Å². The van der Waals surface area contributed by atoms with E-state index in [2.05, 4.69) is 12.2 Å². The molecular formula is C18H20ClNO3. The molecule has 0 spiro atoms. The van der Waals surface area contributed by atoms with Crippen molar-refractivity contribution in [3.63, 3.8) is 0 Å². The summed E-state index contributed by atoms with van der Waals surface area (Å²) in [6.07, 6.45) is 1.00. The van der Waals surface area contributed by atoms with Gasteiger partial charge in [-0.1, -0.05) is 30.7 Å². The molecule has 122 valence electrons. The molecule has 5 heteroatoms. The zero-order valence-corrected chi connectivity index (χ0v) is 14.0. The fourth-order valence-corrected chi connectivity index (χ4v) is 2.32. The predicted octanol–water partition coefficient (Wildman–Crippen LogP) is 3.72. The largest absolute Gasteiger partial charge is 0.495 e. The van der Waals surface area contributed by atoms with Crippen molar-refractivity contribution >= 4 is 17.5 Å². The number of hydrogen-bond acceptors (Lipinski definition) is 3. The Morgan fingerprint density at radius 2 is 1.91 bits per heavy atom. The van der Waals surface area contributed by atoms with Crippen LogP contribution in [0.2, 0.25) is 5.02 Å². The first-order chi connectivity index (χ1) is 11.1. The lowest BCUT2D eigenvalue weighted by molar-refractivity contribution is 0.0947. The van der Waals surface area contributed by atoms with Crippen molar-refractivity contribution < 1.29 is 14.3 Å². The second-order valence-corrected chi connectivity index (χ2v) is 5.36. The Morgan fingerprint density at radius 3 is 2.52 bits per heavy atom. The molecule has 0 saturated carbocycles. The summed E-state index contributed by atoms with van der Waals surface area (Å²) in [6.45, 7) is 2.93. The van der Waals surface area contributed by atoms with E-state index in [4.69, 9.17) is 21.1 Å². The van der Waals surface area contributed by atoms with E-state index in [1.165, 1.54) is 12.7 Å². The van der Waals surface area contributed by atoms with Gasteiger partial charge in [-0.25, -0.2) is 0 Å². The summed E-state index contributed by atoms with van der Waals surface area (Å²) in [7, 11) is 1.53. The van der Waals surface area contributed by atoms with Gasteiger partial charge in [-0.2, -0.15) is 0 Å². The molecule has 0 unspecified atom stereocenters. The van der Waals surface area contributed by atoms with Gasteiger partial charge >= 0.3 is 0 Å². The molecule has 2 aromatic carbocycles. The van der Waals surface area contributed by atoms with Crippen molar-refractivity contribution in [3.8, 4) is 11.5 Å². The average molecular weight is 334 g/mol. The molecule has 0 aliphatic heterocycles. The van der Waals surface area contributed by atoms with Gasteiger partial charge in [-0.3, -0.25) is 4.79 Å². The summed E-state index contributed by atoms with van der Waals surface area (Å²) in [6, 6.07) is 12.9. The van der Waals surface area contributed by atoms with Gasteiger partial charge < -0.3 is 14.8 Å². The van der Waals surface area contributed by atoms with Crippen molar-refractivity contribution in [3.05, 3.63) is 58.6 Å². The molecule has 0 fully saturated rings. The molecule has 2 aromatic rings. The second-order valence-electron chi connectivity index (χ2n) is 4.95. The van der Waals surface area contributed by atoms with Crippen molar-refractivity contribution in [2.75, 3.05) is 20.3 Å². The highest BCUT2D eigenvalue weighted by atomic mass is 35.5. The molecule has 2 rings (SSSR count). The lowest BCUT2D eigenvalue weighted by Gasteiger charge is -2.09. The Bertz CT molecular complexity index is 656. The van der Waals surface area contributed by atoms with Gasteiger partial charge in [0.1, 0.15) is 18.1 Å². The number of ether oxygens (including phenoxy) is 2. The Labute approximate surface area is 141 Å². The topological polar surface area (TPSA) is 47.6 Å². The molecule has 0 aliphatic carbocycles. The first kappa shape index (κ1) is 17.2. The van der Waals surface area contributed by atoms with Gasteiger partial charge in [-0.05, 0) is 42.3 Å². The van der Waals surface area contributed by atoms with Crippen LogP contribution in [0.4, 0.5) is 0 Å². The van der Waals surface area contributed by atoms with Gasteiger partial charge in [0.2, 0.25) is 0 Å². The van der Waals surface area contributed by atoms with Gasteiger partial charge in [0, 0.05) is 5.56 Å². The summed E-state index contributed by atoms with van der Waals surface area (Å²) in [5.74, 6) is 1.14. The second kappa shape index (κ2) is 8.44. The van der Waals surface area contributed by atoms with Crippen LogP contribution in [-0.2, 0) is 6.42 Å². The SMILES string of the molecule is CCc1ccc(OCCNC(=O)c2ccc(OC)c(Cl)c2)cc1. The third-order valence-electron chi connectivity index (χ3n) is 3.40. The molecular weight excluding hydrogens is 314 g/mol. The number of carbonyl (C=O) groups is 1. The first-order valence-corrected chi connectivity index (χ1v) is 7.85. The van der Waals surface area contributed by atoms with Crippen LogP contribution in [0.5, 0.6) is 11.5 Å². The molecule has 1 amide bonds. The zero-order chi connectivity index (χ0) is 16.7. The van der Waals surface area contributed by atoms with E-state index in [0.717, 1.165) is 12.2 Å². The smallest absolute Gasteiger partial charge is 0.251 e. The van der Waals surface area contributed by atoms with Gasteiger partial charge in [-0.15, -0.1) is 0 Å². The maximum Gasteiger partial charge on any atom is 0.251 e. The number of methoxy groups -OCH3 is 1. The minimum atomic E-state index is -0.195. The molecule has 0 aromatic heterocycles. The van der Waals surface area contributed by atoms with Crippen LogP contribution >= 0.6 is 11.6 Å². The lowest BCUT2D eigenvalue weighted by atomic mass is 10.2. The highest BCUT2D eigenvalue weighted by Gasteiger charge is 2.08. The monoisotopic (exact) mass is 333 g/mol. The molecule has 0 bridgehead atoms. The first-order valence-electron chi connectivity index (χ1n) is 7.47. The van der Waals surface area contributed by atoms with Crippen molar-refractivity contribution in [2.24, 2.45) is 0 Å². The van der Waals surface area contributed by atoms with Crippen molar-refractivity contribution in [2.45, 2.75) is 13.3 Å². The van der Waals surface area contributed by atoms with Crippen LogP contribution in [-0.4, -0.2) is 26.2 Å². The molecule has 0 heterocycles. The Balaban J connectivity index is 1.79. The average Bonchev–Trinajstić information content (AvgIpc) is 2.59. The molecule has 0 atom stereocenters. The van der Waals surface area contributed by atoms with E-state index in [0.29, 0.717) is 29.5 Å². The maximum absolute atomic E-state index is 12.0. The molecule has 0 aliphatic rings. The predicted molar refractivity (Wildman–Crippen MR) is 91.7 cm³/mol. The Hall–Kier alpha value is -2.20. The Kier molecular flexibility index (Phi) is 6.29. The molecule has 0 radical (unpaired) electrons. The number of benzene rings is 2. The summed E-state index contributed by atoms with van der Waals surface area (Å²) in [4.78, 5) is 12.0. The molecule has 0 saturated heterocycles. The van der Waals surface area contributed by atoms with Crippen LogP contribution in [0.25, 0.3) is 0 Å². The number of carbonyl (C=O) groups excluding carboxylic acids is 1. The molecule has 1 N–H and O–H groups in total. The van der Waals surface area contributed by atoms with E-state index in [9.17, 15) is 4.79 Å². The van der Waals surface area contributed by atoms with E-state index in [-0.39, 0.29) is 5.91 Å². The van der Waals surface area contributed by atoms with Crippen molar-refractivity contribution in [1.29, 1.82) is 0 Å².